The number of sulfonamides is 1. The Balaban J connectivity index is 2.86. The molecule has 1 aromatic carbocycles. The molecule has 0 aliphatic rings. The first-order chi connectivity index (χ1) is 9.66. The molecule has 0 aromatic heterocycles. The van der Waals surface area contributed by atoms with Crippen LogP contribution in [-0.4, -0.2) is 20.5 Å². The molecular weight excluding hydrogens is 352 g/mol. The number of halogens is 1. The second kappa shape index (κ2) is 7.54. The summed E-state index contributed by atoms with van der Waals surface area (Å²) in [5, 5.41) is 1.18. The van der Waals surface area contributed by atoms with Crippen LogP contribution in [0.1, 0.15) is 32.8 Å². The summed E-state index contributed by atoms with van der Waals surface area (Å²) >= 11 is 3.35. The average molecular weight is 375 g/mol. The average Bonchev–Trinajstić information content (AvgIpc) is 2.35. The molecule has 0 aliphatic heterocycles. The molecule has 1 atom stereocenters. The van der Waals surface area contributed by atoms with Gasteiger partial charge in [0.05, 0.1) is 0 Å². The van der Waals surface area contributed by atoms with Gasteiger partial charge in [-0.1, -0.05) is 41.9 Å². The van der Waals surface area contributed by atoms with Gasteiger partial charge >= 0.3 is 0 Å². The Kier molecular flexibility index (Phi) is 6.59. The minimum absolute atomic E-state index is 0.259. The van der Waals surface area contributed by atoms with Crippen LogP contribution in [0.15, 0.2) is 34.1 Å². The SMILES string of the molecule is CC(C)CC(C)(CN)NS(=O)(=O)/C=C/c1cccc(Br)c1. The number of hydrogen-bond donors (Lipinski definition) is 2. The van der Waals surface area contributed by atoms with Crippen LogP contribution < -0.4 is 10.5 Å². The van der Waals surface area contributed by atoms with Crippen LogP contribution in [0.2, 0.25) is 0 Å². The molecule has 0 spiro atoms. The quantitative estimate of drug-likeness (QED) is 0.769. The van der Waals surface area contributed by atoms with Gasteiger partial charge in [-0.05, 0) is 43.0 Å². The second-order valence-electron chi connectivity index (χ2n) is 5.87. The third kappa shape index (κ3) is 6.74. The first kappa shape index (κ1) is 18.4. The van der Waals surface area contributed by atoms with Gasteiger partial charge in [0.2, 0.25) is 10.0 Å². The molecule has 0 bridgehead atoms. The maximum Gasteiger partial charge on any atom is 0.234 e. The normalized spacial score (nSPS) is 15.5. The minimum Gasteiger partial charge on any atom is -0.329 e. The van der Waals surface area contributed by atoms with Gasteiger partial charge < -0.3 is 5.73 Å². The molecule has 0 heterocycles. The molecule has 0 radical (unpaired) electrons. The highest BCUT2D eigenvalue weighted by atomic mass is 79.9. The molecule has 21 heavy (non-hydrogen) atoms. The topological polar surface area (TPSA) is 72.2 Å². The van der Waals surface area contributed by atoms with Crippen LogP contribution in [0, 0.1) is 5.92 Å². The van der Waals surface area contributed by atoms with Crippen molar-refractivity contribution in [3.8, 4) is 0 Å². The van der Waals surface area contributed by atoms with Crippen LogP contribution in [-0.2, 0) is 10.0 Å². The van der Waals surface area contributed by atoms with E-state index in [9.17, 15) is 8.42 Å². The van der Waals surface area contributed by atoms with Crippen molar-refractivity contribution in [2.24, 2.45) is 11.7 Å². The van der Waals surface area contributed by atoms with E-state index in [2.05, 4.69) is 20.7 Å². The summed E-state index contributed by atoms with van der Waals surface area (Å²) in [5.74, 6) is 0.357. The van der Waals surface area contributed by atoms with E-state index in [1.165, 1.54) is 5.41 Å². The molecule has 0 saturated carbocycles. The minimum atomic E-state index is -3.53. The Morgan fingerprint density at radius 2 is 2.10 bits per heavy atom. The zero-order valence-corrected chi connectivity index (χ0v) is 15.0. The molecule has 1 aromatic rings. The molecule has 0 fully saturated rings. The summed E-state index contributed by atoms with van der Waals surface area (Å²) in [7, 11) is -3.53. The molecule has 0 amide bonds. The summed E-state index contributed by atoms with van der Waals surface area (Å²) in [6.07, 6.45) is 2.26. The maximum atomic E-state index is 12.2. The summed E-state index contributed by atoms with van der Waals surface area (Å²) < 4.78 is 27.9. The molecule has 118 valence electrons. The lowest BCUT2D eigenvalue weighted by Crippen LogP contribution is -2.51. The van der Waals surface area contributed by atoms with E-state index in [4.69, 9.17) is 5.73 Å². The third-order valence-electron chi connectivity index (χ3n) is 2.99. The van der Waals surface area contributed by atoms with Crippen molar-refractivity contribution in [1.82, 2.24) is 4.72 Å². The molecule has 1 rings (SSSR count). The summed E-state index contributed by atoms with van der Waals surface area (Å²) in [6, 6.07) is 7.43. The Bertz CT molecular complexity index is 599. The van der Waals surface area contributed by atoms with Gasteiger partial charge in [-0.15, -0.1) is 0 Å². The van der Waals surface area contributed by atoms with Crippen LogP contribution >= 0.6 is 15.9 Å². The third-order valence-corrected chi connectivity index (χ3v) is 4.75. The van der Waals surface area contributed by atoms with Crippen molar-refractivity contribution in [2.75, 3.05) is 6.54 Å². The lowest BCUT2D eigenvalue weighted by Gasteiger charge is -2.30. The van der Waals surface area contributed by atoms with Gasteiger partial charge in [-0.3, -0.25) is 0 Å². The smallest absolute Gasteiger partial charge is 0.234 e. The maximum absolute atomic E-state index is 12.2. The second-order valence-corrected chi connectivity index (χ2v) is 8.35. The van der Waals surface area contributed by atoms with Gasteiger partial charge in [-0.2, -0.15) is 0 Å². The van der Waals surface area contributed by atoms with Crippen LogP contribution in [0.25, 0.3) is 6.08 Å². The Morgan fingerprint density at radius 3 is 2.62 bits per heavy atom. The zero-order chi connectivity index (χ0) is 16.1. The summed E-state index contributed by atoms with van der Waals surface area (Å²) in [4.78, 5) is 0. The van der Waals surface area contributed by atoms with Gasteiger partial charge in [0.1, 0.15) is 0 Å². The molecule has 1 unspecified atom stereocenters. The molecule has 3 N–H and O–H groups in total. The van der Waals surface area contributed by atoms with Gasteiger partial charge in [-0.25, -0.2) is 13.1 Å². The lowest BCUT2D eigenvalue weighted by atomic mass is 9.92. The van der Waals surface area contributed by atoms with E-state index >= 15 is 0 Å². The molecule has 0 aliphatic carbocycles. The standard InChI is InChI=1S/C15H23BrN2O2S/c1-12(2)10-15(3,11-17)18-21(19,20)8-7-13-5-4-6-14(16)9-13/h4-9,12,18H,10-11,17H2,1-3H3/b8-7+. The Labute approximate surface area is 136 Å². The molecular formula is C15H23BrN2O2S. The van der Waals surface area contributed by atoms with Gasteiger partial charge in [0.15, 0.2) is 0 Å². The predicted octanol–water partition coefficient (Wildman–Crippen LogP) is 3.10. The monoisotopic (exact) mass is 374 g/mol. The number of nitrogens with two attached hydrogens (primary N) is 1. The largest absolute Gasteiger partial charge is 0.329 e. The van der Waals surface area contributed by atoms with Gasteiger partial charge in [0, 0.05) is 22.0 Å². The number of nitrogens with one attached hydrogen (secondary N) is 1. The van der Waals surface area contributed by atoms with E-state index in [1.807, 2.05) is 45.0 Å². The Morgan fingerprint density at radius 1 is 1.43 bits per heavy atom. The number of hydrogen-bond acceptors (Lipinski definition) is 3. The fourth-order valence-corrected chi connectivity index (χ4v) is 3.90. The predicted molar refractivity (Wildman–Crippen MR) is 92.1 cm³/mol. The van der Waals surface area contributed by atoms with E-state index in [0.717, 1.165) is 10.0 Å². The van der Waals surface area contributed by atoms with Gasteiger partial charge in [0.25, 0.3) is 0 Å². The van der Waals surface area contributed by atoms with Crippen molar-refractivity contribution >= 4 is 32.0 Å². The van der Waals surface area contributed by atoms with Crippen LogP contribution in [0.3, 0.4) is 0 Å². The van der Waals surface area contributed by atoms with Crippen molar-refractivity contribution in [3.05, 3.63) is 39.7 Å². The highest BCUT2D eigenvalue weighted by Gasteiger charge is 2.28. The highest BCUT2D eigenvalue weighted by molar-refractivity contribution is 9.10. The van der Waals surface area contributed by atoms with Crippen molar-refractivity contribution < 1.29 is 8.42 Å². The Hall–Kier alpha value is -0.690. The molecule has 6 heteroatoms. The lowest BCUT2D eigenvalue weighted by molar-refractivity contribution is 0.346. The first-order valence-electron chi connectivity index (χ1n) is 6.83. The summed E-state index contributed by atoms with van der Waals surface area (Å²) in [6.45, 7) is 6.17. The first-order valence-corrected chi connectivity index (χ1v) is 9.17. The van der Waals surface area contributed by atoms with E-state index in [-0.39, 0.29) is 6.54 Å². The number of benzene rings is 1. The van der Waals surface area contributed by atoms with Crippen molar-refractivity contribution in [3.63, 3.8) is 0 Å². The van der Waals surface area contributed by atoms with E-state index in [1.54, 1.807) is 6.08 Å². The fourth-order valence-electron chi connectivity index (χ4n) is 2.22. The fraction of sp³-hybridized carbons (Fsp3) is 0.467. The van der Waals surface area contributed by atoms with E-state index in [0.29, 0.717) is 12.3 Å². The van der Waals surface area contributed by atoms with Crippen molar-refractivity contribution in [1.29, 1.82) is 0 Å². The highest BCUT2D eigenvalue weighted by Crippen LogP contribution is 2.18. The number of rotatable bonds is 7. The molecule has 0 saturated heterocycles. The molecule has 4 nitrogen and oxygen atoms in total. The van der Waals surface area contributed by atoms with Crippen LogP contribution in [0.5, 0.6) is 0 Å². The zero-order valence-electron chi connectivity index (χ0n) is 12.6. The van der Waals surface area contributed by atoms with Crippen LogP contribution in [0.4, 0.5) is 0 Å². The van der Waals surface area contributed by atoms with E-state index < -0.39 is 15.6 Å². The van der Waals surface area contributed by atoms with Crippen molar-refractivity contribution in [2.45, 2.75) is 32.7 Å². The summed E-state index contributed by atoms with van der Waals surface area (Å²) in [5.41, 5.74) is 5.92.